The predicted molar refractivity (Wildman–Crippen MR) is 67.5 cm³/mol. The van der Waals surface area contributed by atoms with Crippen molar-refractivity contribution in [3.8, 4) is 0 Å². The summed E-state index contributed by atoms with van der Waals surface area (Å²) in [7, 11) is 4.18. The van der Waals surface area contributed by atoms with Gasteiger partial charge in [-0.3, -0.25) is 0 Å². The number of imidazole rings is 1. The van der Waals surface area contributed by atoms with E-state index in [2.05, 4.69) is 33.9 Å². The first-order valence-corrected chi connectivity index (χ1v) is 6.16. The van der Waals surface area contributed by atoms with Gasteiger partial charge in [0, 0.05) is 38.8 Å². The van der Waals surface area contributed by atoms with Gasteiger partial charge in [0.25, 0.3) is 0 Å². The van der Waals surface area contributed by atoms with Gasteiger partial charge in [-0.2, -0.15) is 0 Å². The summed E-state index contributed by atoms with van der Waals surface area (Å²) in [5.74, 6) is 1.23. The standard InChI is InChI=1S/C10H18N4.C2H6/c1-13(2)8-9-7-12-10-3-4-11-5-6-14(9)10;1-2/h7,11H,3-6,8H2,1-2H3;1-2H3. The van der Waals surface area contributed by atoms with Gasteiger partial charge in [-0.1, -0.05) is 13.8 Å². The summed E-state index contributed by atoms with van der Waals surface area (Å²) in [6.07, 6.45) is 3.06. The van der Waals surface area contributed by atoms with Crippen LogP contribution in [0, 0.1) is 0 Å². The molecule has 2 rings (SSSR count). The third kappa shape index (κ3) is 3.32. The van der Waals surface area contributed by atoms with Crippen LogP contribution < -0.4 is 5.32 Å². The lowest BCUT2D eigenvalue weighted by molar-refractivity contribution is 0.386. The van der Waals surface area contributed by atoms with E-state index in [-0.39, 0.29) is 0 Å². The van der Waals surface area contributed by atoms with Gasteiger partial charge in [-0.15, -0.1) is 0 Å². The maximum atomic E-state index is 4.47. The van der Waals surface area contributed by atoms with E-state index in [1.54, 1.807) is 0 Å². The molecule has 4 nitrogen and oxygen atoms in total. The Bertz CT molecular complexity index is 304. The first-order chi connectivity index (χ1) is 7.77. The minimum Gasteiger partial charge on any atom is -0.329 e. The summed E-state index contributed by atoms with van der Waals surface area (Å²) in [5.41, 5.74) is 1.33. The van der Waals surface area contributed by atoms with E-state index in [0.717, 1.165) is 32.6 Å². The molecule has 1 aliphatic rings. The Kier molecular flexibility index (Phi) is 5.49. The second-order valence-electron chi connectivity index (χ2n) is 4.06. The lowest BCUT2D eigenvalue weighted by Gasteiger charge is -2.12. The van der Waals surface area contributed by atoms with E-state index in [1.807, 2.05) is 20.0 Å². The Hall–Kier alpha value is -0.870. The normalized spacial score (nSPS) is 15.1. The van der Waals surface area contributed by atoms with Gasteiger partial charge in [0.15, 0.2) is 0 Å². The monoisotopic (exact) mass is 224 g/mol. The highest BCUT2D eigenvalue weighted by molar-refractivity contribution is 5.07. The van der Waals surface area contributed by atoms with Crippen molar-refractivity contribution < 1.29 is 0 Å². The topological polar surface area (TPSA) is 33.1 Å². The molecule has 92 valence electrons. The van der Waals surface area contributed by atoms with Crippen LogP contribution in [0.2, 0.25) is 0 Å². The van der Waals surface area contributed by atoms with Crippen molar-refractivity contribution in [2.24, 2.45) is 0 Å². The fraction of sp³-hybridized carbons (Fsp3) is 0.750. The van der Waals surface area contributed by atoms with E-state index < -0.39 is 0 Å². The Morgan fingerprint density at radius 2 is 2.12 bits per heavy atom. The second kappa shape index (κ2) is 6.66. The van der Waals surface area contributed by atoms with Crippen LogP contribution in [0.15, 0.2) is 6.20 Å². The molecule has 1 aromatic rings. The van der Waals surface area contributed by atoms with Gasteiger partial charge in [-0.25, -0.2) is 4.98 Å². The van der Waals surface area contributed by atoms with Crippen molar-refractivity contribution in [3.63, 3.8) is 0 Å². The second-order valence-corrected chi connectivity index (χ2v) is 4.06. The fourth-order valence-electron chi connectivity index (χ4n) is 1.89. The maximum Gasteiger partial charge on any atom is 0.110 e. The Morgan fingerprint density at radius 3 is 2.81 bits per heavy atom. The van der Waals surface area contributed by atoms with Gasteiger partial charge < -0.3 is 14.8 Å². The minimum absolute atomic E-state index is 0.979. The average Bonchev–Trinajstić information content (AvgIpc) is 2.53. The van der Waals surface area contributed by atoms with E-state index >= 15 is 0 Å². The van der Waals surface area contributed by atoms with Gasteiger partial charge in [0.2, 0.25) is 0 Å². The molecule has 0 spiro atoms. The highest BCUT2D eigenvalue weighted by Crippen LogP contribution is 2.09. The molecule has 0 fully saturated rings. The number of hydrogen-bond donors (Lipinski definition) is 1. The van der Waals surface area contributed by atoms with Crippen molar-refractivity contribution in [1.29, 1.82) is 0 Å². The number of fused-ring (bicyclic) bond motifs is 1. The number of nitrogens with zero attached hydrogens (tertiary/aromatic N) is 3. The van der Waals surface area contributed by atoms with E-state index in [0.29, 0.717) is 0 Å². The van der Waals surface area contributed by atoms with Gasteiger partial charge in [0.05, 0.1) is 5.69 Å². The molecule has 0 saturated heterocycles. The highest BCUT2D eigenvalue weighted by atomic mass is 15.2. The maximum absolute atomic E-state index is 4.47. The predicted octanol–water partition coefficient (Wildman–Crippen LogP) is 1.12. The molecule has 0 amide bonds. The summed E-state index contributed by atoms with van der Waals surface area (Å²) < 4.78 is 2.35. The molecule has 0 aliphatic carbocycles. The highest BCUT2D eigenvalue weighted by Gasteiger charge is 2.12. The SMILES string of the molecule is CC.CN(C)Cc1cnc2n1CCNCC2. The molecule has 0 aromatic carbocycles. The van der Waals surface area contributed by atoms with Crippen LogP contribution in [0.1, 0.15) is 25.4 Å². The third-order valence-electron chi connectivity index (χ3n) is 2.54. The molecule has 1 aliphatic heterocycles. The molecule has 0 bridgehead atoms. The average molecular weight is 224 g/mol. The van der Waals surface area contributed by atoms with Crippen molar-refractivity contribution >= 4 is 0 Å². The number of aromatic nitrogens is 2. The molecule has 0 radical (unpaired) electrons. The van der Waals surface area contributed by atoms with Crippen LogP contribution in [0.3, 0.4) is 0 Å². The lowest BCUT2D eigenvalue weighted by atomic mass is 10.4. The molecule has 0 saturated carbocycles. The summed E-state index contributed by atoms with van der Waals surface area (Å²) in [6.45, 7) is 8.15. The molecule has 4 heteroatoms. The summed E-state index contributed by atoms with van der Waals surface area (Å²) in [4.78, 5) is 6.65. The largest absolute Gasteiger partial charge is 0.329 e. The summed E-state index contributed by atoms with van der Waals surface area (Å²) in [5, 5.41) is 3.39. The van der Waals surface area contributed by atoms with Crippen molar-refractivity contribution in [2.75, 3.05) is 27.2 Å². The van der Waals surface area contributed by atoms with Crippen LogP contribution in [-0.4, -0.2) is 41.6 Å². The Labute approximate surface area is 98.7 Å². The zero-order valence-electron chi connectivity index (χ0n) is 11.0. The van der Waals surface area contributed by atoms with Crippen molar-refractivity contribution in [1.82, 2.24) is 19.8 Å². The molecule has 1 N–H and O–H groups in total. The zero-order valence-corrected chi connectivity index (χ0v) is 11.0. The van der Waals surface area contributed by atoms with E-state index in [9.17, 15) is 0 Å². The summed E-state index contributed by atoms with van der Waals surface area (Å²) in [6, 6.07) is 0. The van der Waals surface area contributed by atoms with Gasteiger partial charge in [-0.05, 0) is 14.1 Å². The van der Waals surface area contributed by atoms with Crippen LogP contribution in [0.5, 0.6) is 0 Å². The zero-order chi connectivity index (χ0) is 12.0. The fourth-order valence-corrected chi connectivity index (χ4v) is 1.89. The lowest BCUT2D eigenvalue weighted by Crippen LogP contribution is -2.19. The molecular formula is C12H24N4. The number of rotatable bonds is 2. The number of hydrogen-bond acceptors (Lipinski definition) is 3. The van der Waals surface area contributed by atoms with Crippen LogP contribution >= 0.6 is 0 Å². The van der Waals surface area contributed by atoms with Crippen LogP contribution in [0.25, 0.3) is 0 Å². The Morgan fingerprint density at radius 1 is 1.38 bits per heavy atom. The molecule has 1 aromatic heterocycles. The molecule has 0 atom stereocenters. The van der Waals surface area contributed by atoms with Crippen molar-refractivity contribution in [3.05, 3.63) is 17.7 Å². The van der Waals surface area contributed by atoms with Gasteiger partial charge >= 0.3 is 0 Å². The van der Waals surface area contributed by atoms with E-state index in [4.69, 9.17) is 0 Å². The first-order valence-electron chi connectivity index (χ1n) is 6.16. The number of nitrogens with one attached hydrogen (secondary N) is 1. The quantitative estimate of drug-likeness (QED) is 0.817. The van der Waals surface area contributed by atoms with Crippen LogP contribution in [0.4, 0.5) is 0 Å². The molecule has 16 heavy (non-hydrogen) atoms. The van der Waals surface area contributed by atoms with Crippen molar-refractivity contribution in [2.45, 2.75) is 33.4 Å². The first kappa shape index (κ1) is 13.2. The minimum atomic E-state index is 0.979. The Balaban J connectivity index is 0.000000606. The van der Waals surface area contributed by atoms with E-state index in [1.165, 1.54) is 11.5 Å². The molecule has 2 heterocycles. The summed E-state index contributed by atoms with van der Waals surface area (Å²) >= 11 is 0. The smallest absolute Gasteiger partial charge is 0.110 e. The molecular weight excluding hydrogens is 200 g/mol. The van der Waals surface area contributed by atoms with Crippen LogP contribution in [-0.2, 0) is 19.5 Å². The molecule has 0 unspecified atom stereocenters. The van der Waals surface area contributed by atoms with Gasteiger partial charge in [0.1, 0.15) is 5.82 Å². The third-order valence-corrected chi connectivity index (χ3v) is 2.54.